The summed E-state index contributed by atoms with van der Waals surface area (Å²) in [4.78, 5) is 10.1. The minimum absolute atomic E-state index is 0.366. The summed E-state index contributed by atoms with van der Waals surface area (Å²) >= 11 is 0. The first-order valence-corrected chi connectivity index (χ1v) is 2.21. The lowest BCUT2D eigenvalue weighted by molar-refractivity contribution is -0.913. The maximum atomic E-state index is 10.3. The van der Waals surface area contributed by atoms with Crippen molar-refractivity contribution in [2.75, 3.05) is 0 Å². The Morgan fingerprint density at radius 1 is 2.00 bits per heavy atom. The van der Waals surface area contributed by atoms with Gasteiger partial charge in [0.15, 0.2) is 0 Å². The van der Waals surface area contributed by atoms with Crippen LogP contribution in [0.5, 0.6) is 0 Å². The number of quaternary nitrogens is 1. The number of hydrogen-bond donors (Lipinski definition) is 2. The number of nitrogens with one attached hydrogen (secondary N) is 2. The average Bonchev–Trinajstić information content (AvgIpc) is 1.85. The number of hydroxylamine groups is 1. The summed E-state index contributed by atoms with van der Waals surface area (Å²) < 4.78 is 4.37. The highest BCUT2D eigenvalue weighted by Gasteiger charge is 2.25. The molecule has 2 N–H and O–H groups in total. The number of amides is 1. The van der Waals surface area contributed by atoms with E-state index in [1.165, 1.54) is 6.92 Å². The molecule has 5 heteroatoms. The van der Waals surface area contributed by atoms with Crippen LogP contribution in [0.2, 0.25) is 0 Å². The van der Waals surface area contributed by atoms with Crippen molar-refractivity contribution in [3.63, 3.8) is 0 Å². The molecule has 0 aromatic carbocycles. The third-order valence-corrected chi connectivity index (χ3v) is 0.878. The fraction of sp³-hybridized carbons (Fsp3) is 0.667. The molecule has 1 amide bonds. The summed E-state index contributed by atoms with van der Waals surface area (Å²) in [5.41, 5.74) is 1.97. The van der Waals surface area contributed by atoms with Gasteiger partial charge in [-0.15, -0.1) is 0 Å². The lowest BCUT2D eigenvalue weighted by Crippen LogP contribution is -3.14. The molecular weight excluding hydrogens is 112 g/mol. The molecule has 1 fully saturated rings. The zero-order valence-corrected chi connectivity index (χ0v) is 4.30. The Hall–Kier alpha value is -0.810. The molecule has 0 aromatic heterocycles. The fourth-order valence-electron chi connectivity index (χ4n) is 0.446. The number of ether oxygens (including phenoxy) is 1. The SMILES string of the molecule is CC1OC(=O)N[NH+]1[O-]. The molecule has 1 aliphatic heterocycles. The van der Waals surface area contributed by atoms with Gasteiger partial charge in [0.2, 0.25) is 0 Å². The van der Waals surface area contributed by atoms with E-state index in [0.717, 1.165) is 0 Å². The van der Waals surface area contributed by atoms with E-state index in [-0.39, 0.29) is 5.17 Å². The van der Waals surface area contributed by atoms with Crippen molar-refractivity contribution in [2.45, 2.75) is 13.2 Å². The van der Waals surface area contributed by atoms with Gasteiger partial charge in [0, 0.05) is 6.92 Å². The highest BCUT2D eigenvalue weighted by molar-refractivity contribution is 5.66. The van der Waals surface area contributed by atoms with Crippen LogP contribution in [0.1, 0.15) is 6.92 Å². The van der Waals surface area contributed by atoms with E-state index in [4.69, 9.17) is 0 Å². The lowest BCUT2D eigenvalue weighted by Gasteiger charge is -2.13. The van der Waals surface area contributed by atoms with Gasteiger partial charge in [-0.05, 0) is 0 Å². The molecule has 8 heavy (non-hydrogen) atoms. The van der Waals surface area contributed by atoms with Crippen molar-refractivity contribution >= 4 is 6.09 Å². The third kappa shape index (κ3) is 0.728. The summed E-state index contributed by atoms with van der Waals surface area (Å²) in [6, 6.07) is 0. The Labute approximate surface area is 45.8 Å². The van der Waals surface area contributed by atoms with Gasteiger partial charge in [0.05, 0.1) is 0 Å². The maximum Gasteiger partial charge on any atom is 0.456 e. The van der Waals surface area contributed by atoms with E-state index >= 15 is 0 Å². The largest absolute Gasteiger partial charge is 0.605 e. The monoisotopic (exact) mass is 118 g/mol. The molecular formula is C3H6N2O3. The molecule has 1 aliphatic rings. The van der Waals surface area contributed by atoms with Crippen molar-refractivity contribution in [3.8, 4) is 0 Å². The molecule has 0 spiro atoms. The van der Waals surface area contributed by atoms with Gasteiger partial charge in [-0.1, -0.05) is 0 Å². The van der Waals surface area contributed by atoms with E-state index < -0.39 is 12.3 Å². The summed E-state index contributed by atoms with van der Waals surface area (Å²) in [5.74, 6) is 0. The summed E-state index contributed by atoms with van der Waals surface area (Å²) in [5, 5.41) is 9.96. The van der Waals surface area contributed by atoms with Crippen LogP contribution in [0.25, 0.3) is 0 Å². The topological polar surface area (TPSA) is 65.8 Å². The Balaban J connectivity index is 2.51. The highest BCUT2D eigenvalue weighted by atomic mass is 16.7. The van der Waals surface area contributed by atoms with Crippen LogP contribution >= 0.6 is 0 Å². The first-order chi connectivity index (χ1) is 3.70. The quantitative estimate of drug-likeness (QED) is 0.375. The Morgan fingerprint density at radius 3 is 2.75 bits per heavy atom. The molecule has 1 heterocycles. The first-order valence-electron chi connectivity index (χ1n) is 2.21. The predicted octanol–water partition coefficient (Wildman–Crippen LogP) is -1.63. The van der Waals surface area contributed by atoms with Crippen LogP contribution in [0.15, 0.2) is 0 Å². The smallest absolute Gasteiger partial charge is 0.456 e. The van der Waals surface area contributed by atoms with E-state index in [9.17, 15) is 10.0 Å². The van der Waals surface area contributed by atoms with Gasteiger partial charge in [-0.25, -0.2) is 9.97 Å². The second kappa shape index (κ2) is 1.61. The molecule has 5 nitrogen and oxygen atoms in total. The van der Waals surface area contributed by atoms with Crippen LogP contribution in [0.3, 0.4) is 0 Å². The van der Waals surface area contributed by atoms with E-state index in [1.54, 1.807) is 0 Å². The Morgan fingerprint density at radius 2 is 2.62 bits per heavy atom. The average molecular weight is 118 g/mol. The third-order valence-electron chi connectivity index (χ3n) is 0.878. The van der Waals surface area contributed by atoms with Crippen molar-refractivity contribution < 1.29 is 14.7 Å². The standard InChI is InChI=1S/C3H6N2O3/c1-2-5(7)4-3(6)8-2/h2,5H,1H3,(H,4,6). The van der Waals surface area contributed by atoms with Crippen LogP contribution < -0.4 is 10.6 Å². The van der Waals surface area contributed by atoms with Gasteiger partial charge in [0.25, 0.3) is 6.23 Å². The van der Waals surface area contributed by atoms with Gasteiger partial charge < -0.3 is 9.94 Å². The molecule has 0 aromatic rings. The second-order valence-corrected chi connectivity index (χ2v) is 1.54. The van der Waals surface area contributed by atoms with E-state index in [2.05, 4.69) is 4.74 Å². The number of carbonyl (C=O) groups is 1. The van der Waals surface area contributed by atoms with Gasteiger partial charge >= 0.3 is 6.09 Å². The van der Waals surface area contributed by atoms with Gasteiger partial charge in [-0.2, -0.15) is 5.43 Å². The van der Waals surface area contributed by atoms with Crippen LogP contribution in [-0.4, -0.2) is 12.3 Å². The zero-order chi connectivity index (χ0) is 6.15. The normalized spacial score (nSPS) is 36.5. The van der Waals surface area contributed by atoms with Gasteiger partial charge in [0.1, 0.15) is 0 Å². The molecule has 1 saturated heterocycles. The number of hydrogen-bond acceptors (Lipinski definition) is 3. The number of cyclic esters (lactones) is 1. The van der Waals surface area contributed by atoms with Crippen LogP contribution in [-0.2, 0) is 4.74 Å². The maximum absolute atomic E-state index is 10.3. The van der Waals surface area contributed by atoms with Crippen LogP contribution in [0, 0.1) is 5.21 Å². The first kappa shape index (κ1) is 5.33. The Kier molecular flexibility index (Phi) is 1.07. The molecule has 2 atom stereocenters. The molecule has 46 valence electrons. The highest BCUT2D eigenvalue weighted by Crippen LogP contribution is 1.84. The molecule has 0 bridgehead atoms. The van der Waals surface area contributed by atoms with Crippen molar-refractivity contribution in [3.05, 3.63) is 5.21 Å². The fourth-order valence-corrected chi connectivity index (χ4v) is 0.446. The molecule has 0 saturated carbocycles. The Bertz CT molecular complexity index is 103. The number of rotatable bonds is 0. The summed E-state index contributed by atoms with van der Waals surface area (Å²) in [6.07, 6.45) is -1.26. The minimum atomic E-state index is -0.650. The zero-order valence-electron chi connectivity index (χ0n) is 4.30. The van der Waals surface area contributed by atoms with E-state index in [1.807, 2.05) is 5.43 Å². The van der Waals surface area contributed by atoms with Crippen molar-refractivity contribution in [1.29, 1.82) is 0 Å². The second-order valence-electron chi connectivity index (χ2n) is 1.54. The molecule has 0 radical (unpaired) electrons. The van der Waals surface area contributed by atoms with Crippen molar-refractivity contribution in [1.82, 2.24) is 5.43 Å². The van der Waals surface area contributed by atoms with E-state index in [0.29, 0.717) is 0 Å². The molecule has 1 rings (SSSR count). The predicted molar refractivity (Wildman–Crippen MR) is 23.4 cm³/mol. The number of carbonyl (C=O) groups excluding carboxylic acids is 1. The van der Waals surface area contributed by atoms with Crippen molar-refractivity contribution in [2.24, 2.45) is 0 Å². The lowest BCUT2D eigenvalue weighted by atomic mass is 10.7. The summed E-state index contributed by atoms with van der Waals surface area (Å²) in [6.45, 7) is 1.51. The van der Waals surface area contributed by atoms with Gasteiger partial charge in [-0.3, -0.25) is 0 Å². The summed E-state index contributed by atoms with van der Waals surface area (Å²) in [7, 11) is 0. The molecule has 2 unspecified atom stereocenters. The van der Waals surface area contributed by atoms with Crippen LogP contribution in [0.4, 0.5) is 4.79 Å². The minimum Gasteiger partial charge on any atom is -0.605 e. The molecule has 0 aliphatic carbocycles.